The van der Waals surface area contributed by atoms with E-state index in [1.54, 1.807) is 12.1 Å². The summed E-state index contributed by atoms with van der Waals surface area (Å²) in [5, 5.41) is 0. The van der Waals surface area contributed by atoms with Crippen LogP contribution >= 0.6 is 11.6 Å². The van der Waals surface area contributed by atoms with Gasteiger partial charge < -0.3 is 4.74 Å². The molecule has 88 valence electrons. The fourth-order valence-corrected chi connectivity index (χ4v) is 1.68. The lowest BCUT2D eigenvalue weighted by atomic mass is 10.2. The van der Waals surface area contributed by atoms with Gasteiger partial charge in [-0.15, -0.1) is 11.6 Å². The lowest BCUT2D eigenvalue weighted by Gasteiger charge is -2.07. The van der Waals surface area contributed by atoms with E-state index in [4.69, 9.17) is 16.3 Å². The van der Waals surface area contributed by atoms with Gasteiger partial charge in [0.05, 0.1) is 5.88 Å². The van der Waals surface area contributed by atoms with E-state index in [0.29, 0.717) is 17.9 Å². The summed E-state index contributed by atoms with van der Waals surface area (Å²) in [6.45, 7) is 0.431. The van der Waals surface area contributed by atoms with E-state index in [0.717, 1.165) is 5.56 Å². The maximum Gasteiger partial charge on any atom is 0.131 e. The van der Waals surface area contributed by atoms with E-state index >= 15 is 0 Å². The molecule has 0 N–H and O–H groups in total. The van der Waals surface area contributed by atoms with Crippen molar-refractivity contribution in [2.24, 2.45) is 0 Å². The molecule has 3 heteroatoms. The van der Waals surface area contributed by atoms with Crippen LogP contribution < -0.4 is 4.74 Å². The quantitative estimate of drug-likeness (QED) is 0.741. The summed E-state index contributed by atoms with van der Waals surface area (Å²) in [5.41, 5.74) is 1.54. The molecule has 0 saturated heterocycles. The normalized spacial score (nSPS) is 10.2. The first kappa shape index (κ1) is 11.9. The molecule has 0 aliphatic carbocycles. The zero-order valence-electron chi connectivity index (χ0n) is 9.20. The number of hydrogen-bond acceptors (Lipinski definition) is 1. The molecule has 0 atom stereocenters. The van der Waals surface area contributed by atoms with Gasteiger partial charge in [0.1, 0.15) is 18.2 Å². The minimum atomic E-state index is -0.328. The molecule has 17 heavy (non-hydrogen) atoms. The summed E-state index contributed by atoms with van der Waals surface area (Å²) in [6, 6.07) is 14.5. The number of hydrogen-bond donors (Lipinski definition) is 0. The van der Waals surface area contributed by atoms with Crippen molar-refractivity contribution in [1.29, 1.82) is 0 Å². The van der Waals surface area contributed by atoms with Crippen LogP contribution in [0.1, 0.15) is 11.1 Å². The third-order valence-electron chi connectivity index (χ3n) is 2.42. The Labute approximate surface area is 105 Å². The Kier molecular flexibility index (Phi) is 3.99. The molecule has 0 radical (unpaired) electrons. The Balaban J connectivity index is 2.02. The predicted molar refractivity (Wildman–Crippen MR) is 66.7 cm³/mol. The van der Waals surface area contributed by atoms with Crippen molar-refractivity contribution in [1.82, 2.24) is 0 Å². The number of halogens is 2. The van der Waals surface area contributed by atoms with Crippen molar-refractivity contribution in [2.75, 3.05) is 0 Å². The van der Waals surface area contributed by atoms with E-state index in [2.05, 4.69) is 0 Å². The maximum atomic E-state index is 13.4. The molecule has 2 aromatic rings. The smallest absolute Gasteiger partial charge is 0.131 e. The standard InChI is InChI=1S/C14H12ClFO/c15-9-12-6-7-13(8-14(12)16)17-10-11-4-2-1-3-5-11/h1-8H,9-10H2. The highest BCUT2D eigenvalue weighted by atomic mass is 35.5. The monoisotopic (exact) mass is 250 g/mol. The van der Waals surface area contributed by atoms with Gasteiger partial charge in [-0.3, -0.25) is 0 Å². The van der Waals surface area contributed by atoms with Crippen LogP contribution in [-0.2, 0) is 12.5 Å². The minimum Gasteiger partial charge on any atom is -0.489 e. The molecule has 0 aliphatic rings. The molecule has 2 aromatic carbocycles. The molecule has 0 aromatic heterocycles. The summed E-state index contributed by atoms with van der Waals surface area (Å²) in [4.78, 5) is 0. The van der Waals surface area contributed by atoms with Crippen LogP contribution in [0.25, 0.3) is 0 Å². The number of rotatable bonds is 4. The molecule has 0 unspecified atom stereocenters. The molecule has 0 heterocycles. The molecule has 0 bridgehead atoms. The van der Waals surface area contributed by atoms with Crippen LogP contribution in [0.5, 0.6) is 5.75 Å². The van der Waals surface area contributed by atoms with Gasteiger partial charge in [-0.2, -0.15) is 0 Å². The third-order valence-corrected chi connectivity index (χ3v) is 2.70. The molecule has 1 nitrogen and oxygen atoms in total. The van der Waals surface area contributed by atoms with Crippen LogP contribution in [-0.4, -0.2) is 0 Å². The number of benzene rings is 2. The lowest BCUT2D eigenvalue weighted by Crippen LogP contribution is -1.96. The van der Waals surface area contributed by atoms with Gasteiger partial charge in [-0.1, -0.05) is 36.4 Å². The molecular formula is C14H12ClFO. The van der Waals surface area contributed by atoms with Crippen LogP contribution in [0.15, 0.2) is 48.5 Å². The van der Waals surface area contributed by atoms with E-state index in [-0.39, 0.29) is 11.7 Å². The zero-order chi connectivity index (χ0) is 12.1. The van der Waals surface area contributed by atoms with Crippen molar-refractivity contribution < 1.29 is 9.13 Å². The van der Waals surface area contributed by atoms with Gasteiger partial charge in [0, 0.05) is 11.6 Å². The first-order chi connectivity index (χ1) is 8.29. The summed E-state index contributed by atoms with van der Waals surface area (Å²) >= 11 is 5.58. The summed E-state index contributed by atoms with van der Waals surface area (Å²) in [5.74, 6) is 0.357. The fourth-order valence-electron chi connectivity index (χ4n) is 1.47. The van der Waals surface area contributed by atoms with Crippen LogP contribution in [0.2, 0.25) is 0 Å². The van der Waals surface area contributed by atoms with Crippen molar-refractivity contribution in [2.45, 2.75) is 12.5 Å². The second-order valence-corrected chi connectivity index (χ2v) is 3.93. The third kappa shape index (κ3) is 3.21. The van der Waals surface area contributed by atoms with Crippen molar-refractivity contribution in [3.8, 4) is 5.75 Å². The fraction of sp³-hybridized carbons (Fsp3) is 0.143. The summed E-state index contributed by atoms with van der Waals surface area (Å²) in [7, 11) is 0. The van der Waals surface area contributed by atoms with Gasteiger partial charge in [0.25, 0.3) is 0 Å². The lowest BCUT2D eigenvalue weighted by molar-refractivity contribution is 0.304. The molecule has 0 amide bonds. The van der Waals surface area contributed by atoms with Gasteiger partial charge in [-0.05, 0) is 11.6 Å². The average Bonchev–Trinajstić information content (AvgIpc) is 2.38. The molecular weight excluding hydrogens is 239 g/mol. The Hall–Kier alpha value is -1.54. The van der Waals surface area contributed by atoms with Gasteiger partial charge in [0.2, 0.25) is 0 Å². The molecule has 2 rings (SSSR count). The van der Waals surface area contributed by atoms with Gasteiger partial charge in [-0.25, -0.2) is 4.39 Å². The van der Waals surface area contributed by atoms with Gasteiger partial charge >= 0.3 is 0 Å². The van der Waals surface area contributed by atoms with Gasteiger partial charge in [0.15, 0.2) is 0 Å². The molecule has 0 spiro atoms. The number of alkyl halides is 1. The highest BCUT2D eigenvalue weighted by Gasteiger charge is 2.03. The Morgan fingerprint density at radius 1 is 1.06 bits per heavy atom. The first-order valence-corrected chi connectivity index (χ1v) is 5.84. The Morgan fingerprint density at radius 3 is 2.47 bits per heavy atom. The Morgan fingerprint density at radius 2 is 1.82 bits per heavy atom. The van der Waals surface area contributed by atoms with E-state index in [1.807, 2.05) is 30.3 Å². The van der Waals surface area contributed by atoms with E-state index in [1.165, 1.54) is 6.07 Å². The van der Waals surface area contributed by atoms with Crippen molar-refractivity contribution in [3.63, 3.8) is 0 Å². The highest BCUT2D eigenvalue weighted by Crippen LogP contribution is 2.19. The zero-order valence-corrected chi connectivity index (χ0v) is 9.95. The molecule has 0 saturated carbocycles. The van der Waals surface area contributed by atoms with Crippen LogP contribution in [0.3, 0.4) is 0 Å². The Bertz CT molecular complexity index is 485. The van der Waals surface area contributed by atoms with Crippen molar-refractivity contribution >= 4 is 11.6 Å². The average molecular weight is 251 g/mol. The summed E-state index contributed by atoms with van der Waals surface area (Å²) < 4.78 is 18.9. The van der Waals surface area contributed by atoms with E-state index in [9.17, 15) is 4.39 Å². The van der Waals surface area contributed by atoms with Crippen molar-refractivity contribution in [3.05, 3.63) is 65.5 Å². The predicted octanol–water partition coefficient (Wildman–Crippen LogP) is 4.14. The molecule has 0 aliphatic heterocycles. The highest BCUT2D eigenvalue weighted by molar-refractivity contribution is 6.17. The van der Waals surface area contributed by atoms with Crippen LogP contribution in [0, 0.1) is 5.82 Å². The number of ether oxygens (including phenoxy) is 1. The molecule has 0 fully saturated rings. The largest absolute Gasteiger partial charge is 0.489 e. The SMILES string of the molecule is Fc1cc(OCc2ccccc2)ccc1CCl. The second kappa shape index (κ2) is 5.69. The topological polar surface area (TPSA) is 9.23 Å². The maximum absolute atomic E-state index is 13.4. The summed E-state index contributed by atoms with van der Waals surface area (Å²) in [6.07, 6.45) is 0. The minimum absolute atomic E-state index is 0.171. The van der Waals surface area contributed by atoms with E-state index < -0.39 is 0 Å². The second-order valence-electron chi connectivity index (χ2n) is 3.66. The first-order valence-electron chi connectivity index (χ1n) is 5.30. The van der Waals surface area contributed by atoms with Crippen LogP contribution in [0.4, 0.5) is 4.39 Å².